The summed E-state index contributed by atoms with van der Waals surface area (Å²) in [4.78, 5) is 38.2. The molecule has 3 rings (SSSR count). The van der Waals surface area contributed by atoms with Gasteiger partial charge in [-0.3, -0.25) is 14.4 Å². The number of rotatable bonds is 11. The van der Waals surface area contributed by atoms with Gasteiger partial charge in [0.15, 0.2) is 5.78 Å². The number of amides is 1. The van der Waals surface area contributed by atoms with Crippen LogP contribution in [0.4, 0.5) is 11.4 Å². The number of halogens is 2. The molecule has 0 aromatic heterocycles. The van der Waals surface area contributed by atoms with E-state index < -0.39 is 29.3 Å². The maximum atomic E-state index is 13.1. The predicted molar refractivity (Wildman–Crippen MR) is 165 cm³/mol. The average molecular weight is 600 g/mol. The Hall–Kier alpha value is -3.55. The molecule has 218 valence electrons. The van der Waals surface area contributed by atoms with Gasteiger partial charge in [0, 0.05) is 11.1 Å². The first kappa shape index (κ1) is 32.0. The van der Waals surface area contributed by atoms with Crippen molar-refractivity contribution < 1.29 is 24.2 Å². The highest BCUT2D eigenvalue weighted by Gasteiger charge is 2.32. The van der Waals surface area contributed by atoms with E-state index in [4.69, 9.17) is 27.9 Å². The van der Waals surface area contributed by atoms with Gasteiger partial charge in [-0.15, -0.1) is 0 Å². The molecule has 1 amide bonds. The van der Waals surface area contributed by atoms with Crippen LogP contribution in [-0.4, -0.2) is 35.9 Å². The van der Waals surface area contributed by atoms with E-state index in [1.54, 1.807) is 60.7 Å². The van der Waals surface area contributed by atoms with Crippen molar-refractivity contribution in [1.29, 1.82) is 0 Å². The van der Waals surface area contributed by atoms with Crippen LogP contribution in [-0.2, 0) is 16.0 Å². The second kappa shape index (κ2) is 13.4. The number of aliphatic carboxylic acids is 1. The van der Waals surface area contributed by atoms with Crippen molar-refractivity contribution in [3.05, 3.63) is 87.4 Å². The van der Waals surface area contributed by atoms with Gasteiger partial charge in [0.25, 0.3) is 5.91 Å². The minimum atomic E-state index is -0.988. The van der Waals surface area contributed by atoms with Gasteiger partial charge in [-0.1, -0.05) is 82.1 Å². The molecule has 41 heavy (non-hydrogen) atoms. The number of ketones is 1. The Bertz CT molecular complexity index is 1390. The summed E-state index contributed by atoms with van der Waals surface area (Å²) < 4.78 is 5.52. The van der Waals surface area contributed by atoms with E-state index in [0.717, 1.165) is 5.56 Å². The Balaban J connectivity index is 1.83. The summed E-state index contributed by atoms with van der Waals surface area (Å²) in [5.41, 5.74) is 2.03. The fraction of sp³-hybridized carbons (Fsp3) is 0.344. The van der Waals surface area contributed by atoms with E-state index >= 15 is 0 Å². The number of hydrogen-bond acceptors (Lipinski definition) is 5. The Morgan fingerprint density at radius 3 is 2.07 bits per heavy atom. The summed E-state index contributed by atoms with van der Waals surface area (Å²) in [7, 11) is 1.53. The lowest BCUT2D eigenvalue weighted by atomic mass is 9.82. The number of nitrogens with one attached hydrogen (secondary N) is 2. The van der Waals surface area contributed by atoms with E-state index in [0.29, 0.717) is 22.7 Å². The molecule has 9 heteroatoms. The van der Waals surface area contributed by atoms with Crippen LogP contribution >= 0.6 is 23.2 Å². The van der Waals surface area contributed by atoms with Gasteiger partial charge < -0.3 is 20.5 Å². The molecule has 3 N–H and O–H groups in total. The van der Waals surface area contributed by atoms with Gasteiger partial charge >= 0.3 is 5.97 Å². The van der Waals surface area contributed by atoms with Crippen molar-refractivity contribution in [1.82, 2.24) is 0 Å². The smallest absolute Gasteiger partial charge is 0.311 e. The third-order valence-electron chi connectivity index (χ3n) is 6.76. The van der Waals surface area contributed by atoms with E-state index in [1.807, 2.05) is 34.6 Å². The Morgan fingerprint density at radius 2 is 1.56 bits per heavy atom. The highest BCUT2D eigenvalue weighted by molar-refractivity contribution is 6.40. The molecule has 0 saturated heterocycles. The molecule has 1 unspecified atom stereocenters. The molecule has 0 aliphatic heterocycles. The Labute approximate surface area is 251 Å². The van der Waals surface area contributed by atoms with E-state index in [9.17, 15) is 19.5 Å². The number of carbonyl (C=O) groups excluding carboxylic acids is 2. The minimum absolute atomic E-state index is 0.00157. The number of Topliss-reactive ketones (excluding diaryl/α,β-unsaturated/α-hetero) is 1. The van der Waals surface area contributed by atoms with Crippen LogP contribution in [0.1, 0.15) is 62.0 Å². The first-order chi connectivity index (χ1) is 19.2. The molecule has 3 aromatic carbocycles. The first-order valence-corrected chi connectivity index (χ1v) is 14.0. The van der Waals surface area contributed by atoms with E-state index in [-0.39, 0.29) is 33.7 Å². The van der Waals surface area contributed by atoms with E-state index in [1.165, 1.54) is 7.11 Å². The van der Waals surface area contributed by atoms with Crippen LogP contribution in [0.3, 0.4) is 0 Å². The highest BCUT2D eigenvalue weighted by Crippen LogP contribution is 2.33. The number of methoxy groups -OCH3 is 1. The van der Waals surface area contributed by atoms with Gasteiger partial charge in [0.2, 0.25) is 0 Å². The maximum Gasteiger partial charge on any atom is 0.311 e. The SMILES string of the molecule is COc1ccc([C@H](Cc2ccc(NC(=O)c3c(Cl)cccc3Cl)cc2)C(=O)O)cc1NC(C(=O)C(C)(C)C)C(C)C. The van der Waals surface area contributed by atoms with Crippen LogP contribution in [0.15, 0.2) is 60.7 Å². The van der Waals surface area contributed by atoms with Crippen LogP contribution in [0.2, 0.25) is 10.0 Å². The standard InChI is InChI=1S/C32H36Cl2N2O5/c1-18(2)28(29(37)32(3,4)5)36-25-17-20(12-15-26(25)41-6)22(31(39)40)16-19-10-13-21(14-11-19)35-30(38)27-23(33)8-7-9-24(27)34/h7-15,17-18,22,28,36H,16H2,1-6H3,(H,35,38)(H,39,40)/t22-,28?/m0/s1. The predicted octanol–water partition coefficient (Wildman–Crippen LogP) is 7.72. The number of carboxylic acids is 1. The maximum absolute atomic E-state index is 13.1. The Morgan fingerprint density at radius 1 is 0.951 bits per heavy atom. The van der Waals surface area contributed by atoms with Crippen molar-refractivity contribution in [2.24, 2.45) is 11.3 Å². The molecule has 0 aliphatic rings. The monoisotopic (exact) mass is 598 g/mol. The van der Waals surface area contributed by atoms with Gasteiger partial charge in [-0.05, 0) is 59.9 Å². The summed E-state index contributed by atoms with van der Waals surface area (Å²) >= 11 is 12.3. The number of ether oxygens (including phenoxy) is 1. The molecule has 2 atom stereocenters. The molecule has 0 fully saturated rings. The second-order valence-electron chi connectivity index (χ2n) is 11.3. The quantitative estimate of drug-likeness (QED) is 0.209. The van der Waals surface area contributed by atoms with Gasteiger partial charge in [0.1, 0.15) is 5.75 Å². The molecule has 0 bridgehead atoms. The third kappa shape index (κ3) is 8.02. The molecule has 7 nitrogen and oxygen atoms in total. The molecule has 0 saturated carbocycles. The van der Waals surface area contributed by atoms with Crippen molar-refractivity contribution in [2.45, 2.75) is 53.0 Å². The summed E-state index contributed by atoms with van der Waals surface area (Å²) in [6.45, 7) is 9.56. The van der Waals surface area contributed by atoms with Crippen molar-refractivity contribution in [3.63, 3.8) is 0 Å². The molecule has 0 spiro atoms. The van der Waals surface area contributed by atoms with Gasteiger partial charge in [0.05, 0.1) is 40.4 Å². The zero-order valence-corrected chi connectivity index (χ0v) is 25.6. The van der Waals surface area contributed by atoms with E-state index in [2.05, 4.69) is 10.6 Å². The summed E-state index contributed by atoms with van der Waals surface area (Å²) in [5, 5.41) is 16.7. The second-order valence-corrected chi connectivity index (χ2v) is 12.1. The largest absolute Gasteiger partial charge is 0.495 e. The minimum Gasteiger partial charge on any atom is -0.495 e. The van der Waals surface area contributed by atoms with Crippen LogP contribution in [0.5, 0.6) is 5.75 Å². The molecular formula is C32H36Cl2N2O5. The fourth-order valence-electron chi connectivity index (χ4n) is 4.44. The topological polar surface area (TPSA) is 105 Å². The van der Waals surface area contributed by atoms with Crippen LogP contribution in [0, 0.1) is 11.3 Å². The number of carboxylic acid groups (broad SMARTS) is 1. The Kier molecular flexibility index (Phi) is 10.5. The lowest BCUT2D eigenvalue weighted by molar-refractivity contribution is -0.138. The molecule has 0 aliphatic carbocycles. The number of hydrogen-bond donors (Lipinski definition) is 3. The summed E-state index contributed by atoms with van der Waals surface area (Å²) in [6.07, 6.45) is 0.209. The van der Waals surface area contributed by atoms with Gasteiger partial charge in [-0.25, -0.2) is 0 Å². The molecule has 0 heterocycles. The average Bonchev–Trinajstić information content (AvgIpc) is 2.89. The molecular weight excluding hydrogens is 563 g/mol. The highest BCUT2D eigenvalue weighted by atomic mass is 35.5. The zero-order chi connectivity index (χ0) is 30.5. The molecule has 0 radical (unpaired) electrons. The summed E-state index contributed by atoms with van der Waals surface area (Å²) in [5.74, 6) is -1.72. The lowest BCUT2D eigenvalue weighted by Gasteiger charge is -2.29. The normalized spacial score (nSPS) is 12.9. The lowest BCUT2D eigenvalue weighted by Crippen LogP contribution is -2.41. The fourth-order valence-corrected chi connectivity index (χ4v) is 5.01. The van der Waals surface area contributed by atoms with Crippen molar-refractivity contribution in [2.75, 3.05) is 17.7 Å². The zero-order valence-electron chi connectivity index (χ0n) is 24.0. The first-order valence-electron chi connectivity index (χ1n) is 13.3. The van der Waals surface area contributed by atoms with Crippen molar-refractivity contribution in [3.8, 4) is 5.75 Å². The third-order valence-corrected chi connectivity index (χ3v) is 7.39. The van der Waals surface area contributed by atoms with Crippen LogP contribution in [0.25, 0.3) is 0 Å². The number of carbonyl (C=O) groups is 3. The summed E-state index contributed by atoms with van der Waals surface area (Å²) in [6, 6.07) is 16.4. The molecule has 3 aromatic rings. The number of benzene rings is 3. The van der Waals surface area contributed by atoms with Crippen molar-refractivity contribution >= 4 is 52.2 Å². The number of anilines is 2. The van der Waals surface area contributed by atoms with Gasteiger partial charge in [-0.2, -0.15) is 0 Å². The van der Waals surface area contributed by atoms with Crippen LogP contribution < -0.4 is 15.4 Å².